The lowest BCUT2D eigenvalue weighted by molar-refractivity contribution is 0.0916. The van der Waals surface area contributed by atoms with Gasteiger partial charge in [0.05, 0.1) is 12.6 Å². The van der Waals surface area contributed by atoms with Crippen molar-refractivity contribution in [1.82, 2.24) is 10.3 Å². The average Bonchev–Trinajstić information content (AvgIpc) is 2.72. The maximum Gasteiger partial charge on any atom is 0.251 e. The molecule has 1 amide bonds. The van der Waals surface area contributed by atoms with E-state index in [2.05, 4.69) is 24.1 Å². The van der Waals surface area contributed by atoms with Crippen LogP contribution in [0.25, 0.3) is 11.1 Å². The molecular weight excluding hydrogens is 336 g/mol. The van der Waals surface area contributed by atoms with Crippen LogP contribution in [0.5, 0.6) is 0 Å². The lowest BCUT2D eigenvalue weighted by Crippen LogP contribution is -2.30. The first-order valence-electron chi connectivity index (χ1n) is 9.10. The standard InChI is InChI=1S/C23H24N2O2/c1-16(2)17-3-7-20(8-4-17)22(15-26)25-23(27)21-9-5-18(6-10-21)19-11-13-24-14-12-19/h3-14,16,22,26H,15H2,1-2H3,(H,25,27). The number of carbonyl (C=O) groups excluding carboxylic acids is 1. The third kappa shape index (κ3) is 4.60. The molecular formula is C23H24N2O2. The molecule has 0 aliphatic heterocycles. The van der Waals surface area contributed by atoms with Crippen LogP contribution in [-0.2, 0) is 0 Å². The number of carbonyl (C=O) groups is 1. The molecule has 0 saturated carbocycles. The summed E-state index contributed by atoms with van der Waals surface area (Å²) >= 11 is 0. The Morgan fingerprint density at radius 1 is 0.889 bits per heavy atom. The summed E-state index contributed by atoms with van der Waals surface area (Å²) in [6, 6.07) is 18.8. The van der Waals surface area contributed by atoms with E-state index in [0.29, 0.717) is 11.5 Å². The van der Waals surface area contributed by atoms with Crippen molar-refractivity contribution in [2.24, 2.45) is 0 Å². The predicted molar refractivity (Wildman–Crippen MR) is 107 cm³/mol. The molecule has 1 atom stereocenters. The summed E-state index contributed by atoms with van der Waals surface area (Å²) in [5, 5.41) is 12.6. The Morgan fingerprint density at radius 2 is 1.44 bits per heavy atom. The molecule has 27 heavy (non-hydrogen) atoms. The summed E-state index contributed by atoms with van der Waals surface area (Å²) in [6.45, 7) is 4.12. The smallest absolute Gasteiger partial charge is 0.251 e. The van der Waals surface area contributed by atoms with Gasteiger partial charge in [-0.2, -0.15) is 0 Å². The summed E-state index contributed by atoms with van der Waals surface area (Å²) < 4.78 is 0. The zero-order valence-electron chi connectivity index (χ0n) is 15.6. The third-order valence-electron chi connectivity index (χ3n) is 4.65. The minimum atomic E-state index is -0.432. The number of aliphatic hydroxyl groups excluding tert-OH is 1. The zero-order valence-corrected chi connectivity index (χ0v) is 15.6. The molecule has 3 rings (SSSR count). The number of hydrogen-bond acceptors (Lipinski definition) is 3. The topological polar surface area (TPSA) is 62.2 Å². The monoisotopic (exact) mass is 360 g/mol. The Balaban J connectivity index is 1.71. The van der Waals surface area contributed by atoms with Gasteiger partial charge in [0.15, 0.2) is 0 Å². The number of hydrogen-bond donors (Lipinski definition) is 2. The molecule has 1 unspecified atom stereocenters. The maximum atomic E-state index is 12.6. The molecule has 0 radical (unpaired) electrons. The largest absolute Gasteiger partial charge is 0.394 e. The van der Waals surface area contributed by atoms with Crippen molar-refractivity contribution >= 4 is 5.91 Å². The Hall–Kier alpha value is -2.98. The van der Waals surface area contributed by atoms with Crippen LogP contribution < -0.4 is 5.32 Å². The number of pyridine rings is 1. The van der Waals surface area contributed by atoms with Crippen LogP contribution in [0.2, 0.25) is 0 Å². The van der Waals surface area contributed by atoms with E-state index in [1.165, 1.54) is 5.56 Å². The summed E-state index contributed by atoms with van der Waals surface area (Å²) in [5.41, 5.74) is 4.76. The molecule has 1 aromatic heterocycles. The summed E-state index contributed by atoms with van der Waals surface area (Å²) in [4.78, 5) is 16.6. The first-order valence-corrected chi connectivity index (χ1v) is 9.10. The lowest BCUT2D eigenvalue weighted by atomic mass is 9.99. The fourth-order valence-corrected chi connectivity index (χ4v) is 2.95. The van der Waals surface area contributed by atoms with Crippen molar-refractivity contribution < 1.29 is 9.90 Å². The maximum absolute atomic E-state index is 12.6. The highest BCUT2D eigenvalue weighted by Crippen LogP contribution is 2.21. The summed E-state index contributed by atoms with van der Waals surface area (Å²) in [7, 11) is 0. The molecule has 0 aliphatic rings. The molecule has 2 N–H and O–H groups in total. The van der Waals surface area contributed by atoms with Gasteiger partial charge in [-0.25, -0.2) is 0 Å². The number of amides is 1. The van der Waals surface area contributed by atoms with Gasteiger partial charge >= 0.3 is 0 Å². The van der Waals surface area contributed by atoms with Gasteiger partial charge in [-0.1, -0.05) is 50.2 Å². The van der Waals surface area contributed by atoms with Gasteiger partial charge in [-0.05, 0) is 52.4 Å². The summed E-state index contributed by atoms with van der Waals surface area (Å²) in [5.74, 6) is 0.239. The molecule has 0 aliphatic carbocycles. The van der Waals surface area contributed by atoms with Crippen molar-refractivity contribution in [3.63, 3.8) is 0 Å². The SMILES string of the molecule is CC(C)c1ccc(C(CO)NC(=O)c2ccc(-c3ccncc3)cc2)cc1. The van der Waals surface area contributed by atoms with Gasteiger partial charge < -0.3 is 10.4 Å². The molecule has 0 fully saturated rings. The fraction of sp³-hybridized carbons (Fsp3) is 0.217. The second-order valence-electron chi connectivity index (χ2n) is 6.84. The molecule has 0 saturated heterocycles. The first kappa shape index (κ1) is 18.8. The Kier molecular flexibility index (Phi) is 5.99. The van der Waals surface area contributed by atoms with Gasteiger partial charge in [-0.3, -0.25) is 9.78 Å². The van der Waals surface area contributed by atoms with Crippen molar-refractivity contribution in [3.05, 3.63) is 89.7 Å². The fourth-order valence-electron chi connectivity index (χ4n) is 2.95. The zero-order chi connectivity index (χ0) is 19.2. The predicted octanol–water partition coefficient (Wildman–Crippen LogP) is 4.34. The Bertz CT molecular complexity index is 873. The van der Waals surface area contributed by atoms with Crippen LogP contribution in [0.15, 0.2) is 73.1 Å². The molecule has 4 nitrogen and oxygen atoms in total. The van der Waals surface area contributed by atoms with Crippen LogP contribution in [-0.4, -0.2) is 22.6 Å². The number of nitrogens with zero attached hydrogens (tertiary/aromatic N) is 1. The van der Waals surface area contributed by atoms with Gasteiger partial charge in [0, 0.05) is 18.0 Å². The molecule has 4 heteroatoms. The summed E-state index contributed by atoms with van der Waals surface area (Å²) in [6.07, 6.45) is 3.48. The van der Waals surface area contributed by atoms with Gasteiger partial charge in [-0.15, -0.1) is 0 Å². The normalized spacial score (nSPS) is 12.0. The van der Waals surface area contributed by atoms with Gasteiger partial charge in [0.25, 0.3) is 5.91 Å². The van der Waals surface area contributed by atoms with E-state index in [0.717, 1.165) is 16.7 Å². The highest BCUT2D eigenvalue weighted by atomic mass is 16.3. The molecule has 0 bridgehead atoms. The molecule has 0 spiro atoms. The number of aromatic nitrogens is 1. The quantitative estimate of drug-likeness (QED) is 0.687. The van der Waals surface area contributed by atoms with E-state index in [-0.39, 0.29) is 12.5 Å². The first-order chi connectivity index (χ1) is 13.1. The van der Waals surface area contributed by atoms with Crippen molar-refractivity contribution in [2.45, 2.75) is 25.8 Å². The average molecular weight is 360 g/mol. The third-order valence-corrected chi connectivity index (χ3v) is 4.65. The van der Waals surface area contributed by atoms with Gasteiger partial charge in [0.2, 0.25) is 0 Å². The van der Waals surface area contributed by atoms with Crippen molar-refractivity contribution in [1.29, 1.82) is 0 Å². The molecule has 1 heterocycles. The minimum Gasteiger partial charge on any atom is -0.394 e. The van der Waals surface area contributed by atoms with E-state index in [1.807, 2.05) is 48.5 Å². The minimum absolute atomic E-state index is 0.151. The van der Waals surface area contributed by atoms with Crippen LogP contribution in [0.1, 0.15) is 47.3 Å². The number of rotatable bonds is 6. The van der Waals surface area contributed by atoms with Crippen molar-refractivity contribution in [3.8, 4) is 11.1 Å². The second kappa shape index (κ2) is 8.60. The van der Waals surface area contributed by atoms with Crippen molar-refractivity contribution in [2.75, 3.05) is 6.61 Å². The lowest BCUT2D eigenvalue weighted by Gasteiger charge is -2.18. The highest BCUT2D eigenvalue weighted by Gasteiger charge is 2.15. The van der Waals surface area contributed by atoms with E-state index < -0.39 is 6.04 Å². The second-order valence-corrected chi connectivity index (χ2v) is 6.84. The van der Waals surface area contributed by atoms with E-state index >= 15 is 0 Å². The Labute approximate surface area is 159 Å². The van der Waals surface area contributed by atoms with E-state index in [1.54, 1.807) is 24.5 Å². The molecule has 138 valence electrons. The van der Waals surface area contributed by atoms with E-state index in [9.17, 15) is 9.90 Å². The van der Waals surface area contributed by atoms with Crippen LogP contribution in [0.4, 0.5) is 0 Å². The number of nitrogens with one attached hydrogen (secondary N) is 1. The number of aliphatic hydroxyl groups is 1. The van der Waals surface area contributed by atoms with E-state index in [4.69, 9.17) is 0 Å². The molecule has 3 aromatic rings. The van der Waals surface area contributed by atoms with Crippen LogP contribution in [0, 0.1) is 0 Å². The van der Waals surface area contributed by atoms with Gasteiger partial charge in [0.1, 0.15) is 0 Å². The molecule has 2 aromatic carbocycles. The number of benzene rings is 2. The van der Waals surface area contributed by atoms with Crippen LogP contribution >= 0.6 is 0 Å². The highest BCUT2D eigenvalue weighted by molar-refractivity contribution is 5.95. The Morgan fingerprint density at radius 3 is 2.00 bits per heavy atom. The van der Waals surface area contributed by atoms with Crippen LogP contribution in [0.3, 0.4) is 0 Å².